The Hall–Kier alpha value is -1.91. The third-order valence-corrected chi connectivity index (χ3v) is 3.45. The van der Waals surface area contributed by atoms with Gasteiger partial charge in [-0.1, -0.05) is 24.3 Å². The van der Waals surface area contributed by atoms with Gasteiger partial charge in [0.1, 0.15) is 18.0 Å². The van der Waals surface area contributed by atoms with E-state index >= 15 is 0 Å². The molecule has 4 heteroatoms. The number of benzene rings is 1. The van der Waals surface area contributed by atoms with Crippen molar-refractivity contribution in [1.82, 2.24) is 9.88 Å². The number of hydrogen-bond donors (Lipinski definition) is 1. The predicted molar refractivity (Wildman–Crippen MR) is 76.4 cm³/mol. The van der Waals surface area contributed by atoms with Crippen LogP contribution in [0.15, 0.2) is 54.7 Å². The Morgan fingerprint density at radius 3 is 2.65 bits per heavy atom. The summed E-state index contributed by atoms with van der Waals surface area (Å²) in [5.74, 6) is 0.802. The van der Waals surface area contributed by atoms with Crippen molar-refractivity contribution in [3.63, 3.8) is 0 Å². The molecular weight excluding hydrogens is 252 g/mol. The van der Waals surface area contributed by atoms with Gasteiger partial charge in [0, 0.05) is 25.8 Å². The Morgan fingerprint density at radius 2 is 1.90 bits per heavy atom. The molecule has 1 saturated heterocycles. The van der Waals surface area contributed by atoms with Gasteiger partial charge in [-0.3, -0.25) is 9.88 Å². The maximum atomic E-state index is 10.1. The van der Waals surface area contributed by atoms with Crippen molar-refractivity contribution in [3.05, 3.63) is 60.4 Å². The van der Waals surface area contributed by atoms with Gasteiger partial charge < -0.3 is 9.84 Å². The highest BCUT2D eigenvalue weighted by molar-refractivity contribution is 5.21. The molecule has 1 aromatic heterocycles. The van der Waals surface area contributed by atoms with E-state index < -0.39 is 6.10 Å². The van der Waals surface area contributed by atoms with Gasteiger partial charge in [-0.05, 0) is 24.3 Å². The standard InChI is InChI=1S/C16H18N2O2/c19-15-11-18(10-13-6-4-5-9-17-13)12-16(15)20-14-7-2-1-3-8-14/h1-9,15-16,19H,10-12H2/t15-,16-/m1/s1. The molecule has 2 heterocycles. The zero-order chi connectivity index (χ0) is 13.8. The number of hydrogen-bond acceptors (Lipinski definition) is 4. The Kier molecular flexibility index (Phi) is 3.95. The van der Waals surface area contributed by atoms with Crippen molar-refractivity contribution >= 4 is 0 Å². The first-order chi connectivity index (χ1) is 9.81. The maximum Gasteiger partial charge on any atom is 0.138 e. The maximum absolute atomic E-state index is 10.1. The van der Waals surface area contributed by atoms with E-state index in [4.69, 9.17) is 4.74 Å². The molecule has 0 saturated carbocycles. The minimum Gasteiger partial charge on any atom is -0.486 e. The van der Waals surface area contributed by atoms with Gasteiger partial charge >= 0.3 is 0 Å². The molecule has 3 rings (SSSR count). The van der Waals surface area contributed by atoms with Crippen molar-refractivity contribution in [2.24, 2.45) is 0 Å². The van der Waals surface area contributed by atoms with Gasteiger partial charge in [0.05, 0.1) is 5.69 Å². The summed E-state index contributed by atoms with van der Waals surface area (Å²) in [4.78, 5) is 6.48. The fourth-order valence-electron chi connectivity index (χ4n) is 2.47. The molecule has 0 amide bonds. The highest BCUT2D eigenvalue weighted by atomic mass is 16.5. The van der Waals surface area contributed by atoms with E-state index in [2.05, 4.69) is 9.88 Å². The van der Waals surface area contributed by atoms with Crippen LogP contribution in [0.3, 0.4) is 0 Å². The molecule has 1 aromatic carbocycles. The van der Waals surface area contributed by atoms with Crippen LogP contribution in [0.1, 0.15) is 5.69 Å². The van der Waals surface area contributed by atoms with Crippen LogP contribution in [-0.4, -0.2) is 40.3 Å². The van der Waals surface area contributed by atoms with Crippen LogP contribution < -0.4 is 4.74 Å². The minimum atomic E-state index is -0.459. The smallest absolute Gasteiger partial charge is 0.138 e. The Morgan fingerprint density at radius 1 is 1.10 bits per heavy atom. The topological polar surface area (TPSA) is 45.6 Å². The monoisotopic (exact) mass is 270 g/mol. The highest BCUT2D eigenvalue weighted by Crippen LogP contribution is 2.19. The molecule has 2 atom stereocenters. The lowest BCUT2D eigenvalue weighted by Crippen LogP contribution is -2.29. The summed E-state index contributed by atoms with van der Waals surface area (Å²) in [5, 5.41) is 10.1. The van der Waals surface area contributed by atoms with Crippen molar-refractivity contribution < 1.29 is 9.84 Å². The summed E-state index contributed by atoms with van der Waals surface area (Å²) >= 11 is 0. The number of likely N-dealkylation sites (tertiary alicyclic amines) is 1. The van der Waals surface area contributed by atoms with Crippen LogP contribution in [0.5, 0.6) is 5.75 Å². The SMILES string of the molecule is O[C@@H]1CN(Cc2ccccn2)C[C@H]1Oc1ccccc1. The molecular formula is C16H18N2O2. The summed E-state index contributed by atoms with van der Waals surface area (Å²) in [5.41, 5.74) is 1.01. The molecule has 4 nitrogen and oxygen atoms in total. The molecule has 0 spiro atoms. The van der Waals surface area contributed by atoms with Gasteiger partial charge in [0.2, 0.25) is 0 Å². The van der Waals surface area contributed by atoms with Crippen molar-refractivity contribution in [2.45, 2.75) is 18.8 Å². The van der Waals surface area contributed by atoms with Gasteiger partial charge in [-0.25, -0.2) is 0 Å². The summed E-state index contributed by atoms with van der Waals surface area (Å²) in [6.45, 7) is 2.08. The number of ether oxygens (including phenoxy) is 1. The van der Waals surface area contributed by atoms with Crippen molar-refractivity contribution in [2.75, 3.05) is 13.1 Å². The van der Waals surface area contributed by atoms with Crippen LogP contribution >= 0.6 is 0 Å². The van der Waals surface area contributed by atoms with E-state index in [1.807, 2.05) is 48.5 Å². The van der Waals surface area contributed by atoms with Gasteiger partial charge in [0.15, 0.2) is 0 Å². The molecule has 1 aliphatic rings. The normalized spacial score (nSPS) is 22.9. The molecule has 0 bridgehead atoms. The van der Waals surface area contributed by atoms with E-state index in [-0.39, 0.29) is 6.10 Å². The molecule has 0 unspecified atom stereocenters. The Bertz CT molecular complexity index is 533. The van der Waals surface area contributed by atoms with Crippen LogP contribution in [0, 0.1) is 0 Å². The second kappa shape index (κ2) is 6.03. The fraction of sp³-hybridized carbons (Fsp3) is 0.312. The first-order valence-corrected chi connectivity index (χ1v) is 6.83. The number of para-hydroxylation sites is 1. The first-order valence-electron chi connectivity index (χ1n) is 6.83. The number of nitrogens with zero attached hydrogens (tertiary/aromatic N) is 2. The largest absolute Gasteiger partial charge is 0.486 e. The highest BCUT2D eigenvalue weighted by Gasteiger charge is 2.33. The number of β-amino-alcohol motifs (C(OH)–C–C–N with tert-alkyl or cyclic N) is 1. The predicted octanol–water partition coefficient (Wildman–Crippen LogP) is 1.71. The van der Waals surface area contributed by atoms with Gasteiger partial charge in [-0.15, -0.1) is 0 Å². The molecule has 1 aliphatic heterocycles. The number of pyridine rings is 1. The average molecular weight is 270 g/mol. The molecule has 2 aromatic rings. The first kappa shape index (κ1) is 13.1. The number of aliphatic hydroxyl groups is 1. The molecule has 20 heavy (non-hydrogen) atoms. The zero-order valence-corrected chi connectivity index (χ0v) is 11.2. The minimum absolute atomic E-state index is 0.180. The number of aliphatic hydroxyl groups excluding tert-OH is 1. The van der Waals surface area contributed by atoms with E-state index in [1.54, 1.807) is 6.20 Å². The summed E-state index contributed by atoms with van der Waals surface area (Å²) in [6, 6.07) is 15.5. The second-order valence-corrected chi connectivity index (χ2v) is 5.05. The van der Waals surface area contributed by atoms with Crippen molar-refractivity contribution in [1.29, 1.82) is 0 Å². The second-order valence-electron chi connectivity index (χ2n) is 5.05. The molecule has 1 N–H and O–H groups in total. The van der Waals surface area contributed by atoms with Crippen LogP contribution in [0.25, 0.3) is 0 Å². The van der Waals surface area contributed by atoms with Crippen molar-refractivity contribution in [3.8, 4) is 5.75 Å². The lowest BCUT2D eigenvalue weighted by Gasteiger charge is -2.17. The third-order valence-electron chi connectivity index (χ3n) is 3.45. The quantitative estimate of drug-likeness (QED) is 0.918. The summed E-state index contributed by atoms with van der Waals surface area (Å²) in [7, 11) is 0. The van der Waals surface area contributed by atoms with E-state index in [1.165, 1.54) is 0 Å². The molecule has 1 fully saturated rings. The summed E-state index contributed by atoms with van der Waals surface area (Å²) in [6.07, 6.45) is 1.15. The summed E-state index contributed by atoms with van der Waals surface area (Å²) < 4.78 is 5.84. The number of aromatic nitrogens is 1. The van der Waals surface area contributed by atoms with Crippen LogP contribution in [-0.2, 0) is 6.54 Å². The average Bonchev–Trinajstić information content (AvgIpc) is 2.81. The number of rotatable bonds is 4. The fourth-order valence-corrected chi connectivity index (χ4v) is 2.47. The van der Waals surface area contributed by atoms with E-state index in [0.717, 1.165) is 18.0 Å². The molecule has 0 radical (unpaired) electrons. The third kappa shape index (κ3) is 3.15. The van der Waals surface area contributed by atoms with Crippen LogP contribution in [0.4, 0.5) is 0 Å². The van der Waals surface area contributed by atoms with Gasteiger partial charge in [0.25, 0.3) is 0 Å². The van der Waals surface area contributed by atoms with Crippen LogP contribution in [0.2, 0.25) is 0 Å². The van der Waals surface area contributed by atoms with Gasteiger partial charge in [-0.2, -0.15) is 0 Å². The Balaban J connectivity index is 1.59. The molecule has 0 aliphatic carbocycles. The lowest BCUT2D eigenvalue weighted by molar-refractivity contribution is 0.0737. The van der Waals surface area contributed by atoms with E-state index in [9.17, 15) is 5.11 Å². The molecule has 104 valence electrons. The zero-order valence-electron chi connectivity index (χ0n) is 11.2. The Labute approximate surface area is 118 Å². The van der Waals surface area contributed by atoms with E-state index in [0.29, 0.717) is 13.1 Å². The lowest BCUT2D eigenvalue weighted by atomic mass is 10.2.